The van der Waals surface area contributed by atoms with Crippen LogP contribution in [0.4, 0.5) is 0 Å². The Bertz CT molecular complexity index is 342. The summed E-state index contributed by atoms with van der Waals surface area (Å²) in [4.78, 5) is 2.95. The highest BCUT2D eigenvalue weighted by atomic mass is 35.5. The van der Waals surface area contributed by atoms with Crippen molar-refractivity contribution in [2.75, 3.05) is 0 Å². The molecule has 4 N–H and O–H groups in total. The highest BCUT2D eigenvalue weighted by molar-refractivity contribution is 6.35. The molecule has 14 heavy (non-hydrogen) atoms. The Morgan fingerprint density at radius 3 is 2.71 bits per heavy atom. The number of allylic oxidation sites excluding steroid dienone is 3. The lowest BCUT2D eigenvalue weighted by atomic mass is 9.99. The molecular formula is C8H10ClN3O2. The van der Waals surface area contributed by atoms with E-state index in [1.807, 2.05) is 0 Å². The molecule has 5 nitrogen and oxygen atoms in total. The van der Waals surface area contributed by atoms with Crippen molar-refractivity contribution in [1.82, 2.24) is 0 Å². The molecule has 0 bridgehead atoms. The summed E-state index contributed by atoms with van der Waals surface area (Å²) in [5.41, 5.74) is 15.2. The molecule has 76 valence electrons. The predicted octanol–water partition coefficient (Wildman–Crippen LogP) is -0.252. The second kappa shape index (κ2) is 4.39. The average Bonchev–Trinajstić information content (AvgIpc) is 2.13. The Kier molecular flexibility index (Phi) is 3.43. The molecule has 1 rings (SSSR count). The van der Waals surface area contributed by atoms with E-state index in [1.165, 1.54) is 6.08 Å². The fourth-order valence-corrected chi connectivity index (χ4v) is 1.41. The summed E-state index contributed by atoms with van der Waals surface area (Å²) in [5.74, 6) is 0. The molecule has 0 saturated heterocycles. The van der Waals surface area contributed by atoms with Gasteiger partial charge in [-0.3, -0.25) is 0 Å². The highest BCUT2D eigenvalue weighted by Crippen LogP contribution is 2.20. The fraction of sp³-hybridized carbons (Fsp3) is 0.375. The zero-order chi connectivity index (χ0) is 10.7. The maximum atomic E-state index is 8.74. The molecule has 0 aliphatic heterocycles. The Morgan fingerprint density at radius 1 is 1.57 bits per heavy atom. The van der Waals surface area contributed by atoms with Crippen molar-refractivity contribution in [1.29, 1.82) is 0 Å². The zero-order valence-electron chi connectivity index (χ0n) is 7.26. The minimum atomic E-state index is -1.47. The number of aliphatic hydroxyl groups is 2. The molecule has 0 fully saturated rings. The normalized spacial score (nSPS) is 21.7. The number of halogens is 1. The van der Waals surface area contributed by atoms with Gasteiger partial charge in [-0.25, -0.2) is 0 Å². The molecule has 0 heterocycles. The summed E-state index contributed by atoms with van der Waals surface area (Å²) >= 11 is 5.82. The standard InChI is InChI=1S/C8H10ClN3O2/c9-7-5(12-11)2-1-4(8(7)10)3-6(13)14/h1-2,6-7,13-14H,3,10H2. The minimum Gasteiger partial charge on any atom is -0.400 e. The van der Waals surface area contributed by atoms with Crippen molar-refractivity contribution in [3.05, 3.63) is 29.0 Å². The second-order valence-corrected chi connectivity index (χ2v) is 3.32. The van der Waals surface area contributed by atoms with E-state index < -0.39 is 11.7 Å². The average molecular weight is 216 g/mol. The largest absolute Gasteiger partial charge is 0.400 e. The molecule has 0 saturated carbocycles. The van der Waals surface area contributed by atoms with Crippen LogP contribution < -0.4 is 5.73 Å². The molecule has 1 aliphatic carbocycles. The van der Waals surface area contributed by atoms with E-state index in [0.717, 1.165) is 0 Å². The minimum absolute atomic E-state index is 0.00423. The van der Waals surface area contributed by atoms with Gasteiger partial charge >= 0.3 is 5.71 Å². The van der Waals surface area contributed by atoms with E-state index in [0.29, 0.717) is 5.57 Å². The molecule has 0 spiro atoms. The quantitative estimate of drug-likeness (QED) is 0.256. The van der Waals surface area contributed by atoms with Gasteiger partial charge in [0.15, 0.2) is 11.7 Å². The van der Waals surface area contributed by atoms with Crippen LogP contribution in [0.15, 0.2) is 23.4 Å². The first-order chi connectivity index (χ1) is 6.56. The first-order valence-corrected chi connectivity index (χ1v) is 4.38. The van der Waals surface area contributed by atoms with Crippen LogP contribution in [-0.2, 0) is 0 Å². The SMILES string of the molecule is [N-]=[N+]=C1C=CC(CC(O)O)=C(N)C1Cl. The van der Waals surface area contributed by atoms with E-state index >= 15 is 0 Å². The topological polar surface area (TPSA) is 103 Å². The monoisotopic (exact) mass is 215 g/mol. The van der Waals surface area contributed by atoms with E-state index in [-0.39, 0.29) is 17.8 Å². The van der Waals surface area contributed by atoms with E-state index in [1.54, 1.807) is 6.08 Å². The van der Waals surface area contributed by atoms with Crippen molar-refractivity contribution < 1.29 is 15.0 Å². The molecule has 0 aromatic rings. The van der Waals surface area contributed by atoms with Gasteiger partial charge in [0.25, 0.3) is 0 Å². The fourth-order valence-electron chi connectivity index (χ4n) is 1.16. The molecule has 0 aromatic heterocycles. The lowest BCUT2D eigenvalue weighted by molar-refractivity contribution is -0.0378. The van der Waals surface area contributed by atoms with Gasteiger partial charge in [0, 0.05) is 18.2 Å². The van der Waals surface area contributed by atoms with Gasteiger partial charge in [0.05, 0.1) is 0 Å². The van der Waals surface area contributed by atoms with Crippen molar-refractivity contribution in [3.63, 3.8) is 0 Å². The number of alkyl halides is 1. The number of hydrogen-bond donors (Lipinski definition) is 3. The third-order valence-electron chi connectivity index (χ3n) is 1.88. The number of nitrogens with two attached hydrogens (primary N) is 1. The van der Waals surface area contributed by atoms with Gasteiger partial charge in [-0.2, -0.15) is 4.79 Å². The summed E-state index contributed by atoms with van der Waals surface area (Å²) < 4.78 is 0. The molecular weight excluding hydrogens is 206 g/mol. The number of rotatable bonds is 2. The summed E-state index contributed by atoms with van der Waals surface area (Å²) in [7, 11) is 0. The summed E-state index contributed by atoms with van der Waals surface area (Å²) in [6.45, 7) is 0. The van der Waals surface area contributed by atoms with Crippen LogP contribution in [0.5, 0.6) is 0 Å². The highest BCUT2D eigenvalue weighted by Gasteiger charge is 2.27. The first kappa shape index (κ1) is 10.9. The number of hydrogen-bond acceptors (Lipinski definition) is 3. The van der Waals surface area contributed by atoms with Gasteiger partial charge in [0.2, 0.25) is 0 Å². The van der Waals surface area contributed by atoms with Crippen molar-refractivity contribution >= 4 is 17.3 Å². The van der Waals surface area contributed by atoms with E-state index in [4.69, 9.17) is 33.1 Å². The van der Waals surface area contributed by atoms with Gasteiger partial charge in [0.1, 0.15) is 0 Å². The van der Waals surface area contributed by atoms with Gasteiger partial charge < -0.3 is 21.5 Å². The first-order valence-electron chi connectivity index (χ1n) is 3.95. The van der Waals surface area contributed by atoms with E-state index in [2.05, 4.69) is 4.79 Å². The van der Waals surface area contributed by atoms with Crippen LogP contribution in [0, 0.1) is 0 Å². The second-order valence-electron chi connectivity index (χ2n) is 2.89. The van der Waals surface area contributed by atoms with Crippen molar-refractivity contribution in [2.45, 2.75) is 18.1 Å². The van der Waals surface area contributed by atoms with Crippen LogP contribution in [0.25, 0.3) is 5.53 Å². The Labute approximate surface area is 85.7 Å². The Morgan fingerprint density at radius 2 is 2.21 bits per heavy atom. The number of aliphatic hydroxyl groups excluding tert-OH is 1. The Balaban J connectivity index is 2.94. The van der Waals surface area contributed by atoms with Crippen LogP contribution in [-0.4, -0.2) is 32.4 Å². The number of nitrogens with zero attached hydrogens (tertiary/aromatic N) is 2. The molecule has 1 unspecified atom stereocenters. The molecule has 0 aromatic carbocycles. The van der Waals surface area contributed by atoms with Crippen LogP contribution >= 0.6 is 11.6 Å². The third-order valence-corrected chi connectivity index (χ3v) is 2.34. The van der Waals surface area contributed by atoms with Crippen molar-refractivity contribution in [3.8, 4) is 0 Å². The maximum Gasteiger partial charge on any atom is 0.315 e. The summed E-state index contributed by atoms with van der Waals surface area (Å²) in [5, 5.41) is 16.8. The Hall–Kier alpha value is -1.13. The van der Waals surface area contributed by atoms with Crippen LogP contribution in [0.2, 0.25) is 0 Å². The maximum absolute atomic E-state index is 8.74. The third kappa shape index (κ3) is 2.21. The van der Waals surface area contributed by atoms with Crippen LogP contribution in [0.3, 0.4) is 0 Å². The molecule has 1 atom stereocenters. The van der Waals surface area contributed by atoms with Gasteiger partial charge in [-0.15, -0.1) is 11.6 Å². The molecule has 1 aliphatic rings. The predicted molar refractivity (Wildman–Crippen MR) is 51.5 cm³/mol. The smallest absolute Gasteiger partial charge is 0.315 e. The van der Waals surface area contributed by atoms with E-state index in [9.17, 15) is 0 Å². The summed E-state index contributed by atoms with van der Waals surface area (Å²) in [6, 6.07) is 0. The lowest BCUT2D eigenvalue weighted by Gasteiger charge is -2.14. The van der Waals surface area contributed by atoms with Gasteiger partial charge in [-0.05, 0) is 11.6 Å². The summed E-state index contributed by atoms with van der Waals surface area (Å²) in [6.07, 6.45) is 1.56. The lowest BCUT2D eigenvalue weighted by Crippen LogP contribution is -2.27. The van der Waals surface area contributed by atoms with Crippen LogP contribution in [0.1, 0.15) is 6.42 Å². The molecule has 0 radical (unpaired) electrons. The molecule has 6 heteroatoms. The van der Waals surface area contributed by atoms with Crippen molar-refractivity contribution in [2.24, 2.45) is 5.73 Å². The van der Waals surface area contributed by atoms with Gasteiger partial charge in [-0.1, -0.05) is 0 Å². The zero-order valence-corrected chi connectivity index (χ0v) is 8.02. The molecule has 0 amide bonds.